The number of nitrogens with zero attached hydrogens (tertiary/aromatic N) is 1. The van der Waals surface area contributed by atoms with Gasteiger partial charge in [-0.1, -0.05) is 12.2 Å². The van der Waals surface area contributed by atoms with Crippen molar-refractivity contribution in [3.63, 3.8) is 0 Å². The van der Waals surface area contributed by atoms with Gasteiger partial charge in [0, 0.05) is 19.4 Å². The minimum atomic E-state index is -0.0117. The number of methoxy groups -OCH3 is 2. The van der Waals surface area contributed by atoms with E-state index in [2.05, 4.69) is 23.1 Å². The van der Waals surface area contributed by atoms with Gasteiger partial charge in [0.05, 0.1) is 18.8 Å². The van der Waals surface area contributed by atoms with Crippen LogP contribution in [-0.4, -0.2) is 43.4 Å². The summed E-state index contributed by atoms with van der Waals surface area (Å²) in [7, 11) is 3.42. The summed E-state index contributed by atoms with van der Waals surface area (Å²) in [6.07, 6.45) is 9.04. The van der Waals surface area contributed by atoms with Crippen LogP contribution in [0.3, 0.4) is 0 Å². The molecule has 0 saturated carbocycles. The number of aromatic hydroxyl groups is 1. The molecule has 1 N–H and O–H groups in total. The molecule has 124 valence electrons. The molecule has 4 nitrogen and oxygen atoms in total. The largest absolute Gasteiger partial charge is 0.504 e. The van der Waals surface area contributed by atoms with Crippen LogP contribution < -0.4 is 4.74 Å². The van der Waals surface area contributed by atoms with E-state index in [1.54, 1.807) is 14.2 Å². The Bertz CT molecular complexity index is 642. The number of phenolic OH excluding ortho intramolecular Hbond substituents is 1. The Morgan fingerprint density at radius 3 is 2.87 bits per heavy atom. The van der Waals surface area contributed by atoms with Gasteiger partial charge in [-0.05, 0) is 55.6 Å². The fourth-order valence-electron chi connectivity index (χ4n) is 4.94. The lowest BCUT2D eigenvalue weighted by atomic mass is 9.70. The summed E-state index contributed by atoms with van der Waals surface area (Å²) >= 11 is 0. The molecule has 1 aromatic carbocycles. The number of aryl methyl sites for hydroxylation is 1. The van der Waals surface area contributed by atoms with Crippen molar-refractivity contribution in [3.8, 4) is 11.5 Å². The summed E-state index contributed by atoms with van der Waals surface area (Å²) in [5.41, 5.74) is 2.59. The molecular formula is C19H25NO3. The standard InChI is InChI=1S/C19H25NO3/c1-22-15-6-5-14-7-9-20-8-3-4-13-10-17(21)18(23-2)11-16(13)19(14,20)12-15/h5-6,10-11,14-15,21H,3-4,7-9,12H2,1-2H3. The Balaban J connectivity index is 1.92. The minimum Gasteiger partial charge on any atom is -0.504 e. The molecule has 2 aliphatic heterocycles. The summed E-state index contributed by atoms with van der Waals surface area (Å²) in [6, 6.07) is 4.00. The smallest absolute Gasteiger partial charge is 0.160 e. The van der Waals surface area contributed by atoms with Gasteiger partial charge in [-0.15, -0.1) is 0 Å². The summed E-state index contributed by atoms with van der Waals surface area (Å²) in [6.45, 7) is 2.24. The first-order valence-electron chi connectivity index (χ1n) is 8.55. The molecule has 23 heavy (non-hydrogen) atoms. The molecule has 4 rings (SSSR count). The Kier molecular flexibility index (Phi) is 3.62. The summed E-state index contributed by atoms with van der Waals surface area (Å²) < 4.78 is 11.1. The van der Waals surface area contributed by atoms with E-state index in [4.69, 9.17) is 9.47 Å². The van der Waals surface area contributed by atoms with E-state index >= 15 is 0 Å². The van der Waals surface area contributed by atoms with Crippen molar-refractivity contribution in [3.05, 3.63) is 35.4 Å². The molecule has 0 aromatic heterocycles. The number of ether oxygens (including phenoxy) is 2. The van der Waals surface area contributed by atoms with Crippen LogP contribution in [0.25, 0.3) is 0 Å². The second-order valence-electron chi connectivity index (χ2n) is 6.95. The van der Waals surface area contributed by atoms with E-state index in [1.165, 1.54) is 17.5 Å². The SMILES string of the molecule is COc1cc2c(cc1O)CCCN1CCC3C=CC(OC)CC231. The van der Waals surface area contributed by atoms with Crippen LogP contribution >= 0.6 is 0 Å². The molecule has 3 aliphatic rings. The lowest BCUT2D eigenvalue weighted by molar-refractivity contribution is 0.0286. The Labute approximate surface area is 137 Å². The van der Waals surface area contributed by atoms with E-state index in [0.29, 0.717) is 11.7 Å². The van der Waals surface area contributed by atoms with Crippen LogP contribution in [0.4, 0.5) is 0 Å². The topological polar surface area (TPSA) is 41.9 Å². The minimum absolute atomic E-state index is 0.0117. The summed E-state index contributed by atoms with van der Waals surface area (Å²) in [5, 5.41) is 10.2. The van der Waals surface area contributed by atoms with Crippen molar-refractivity contribution in [2.24, 2.45) is 5.92 Å². The zero-order valence-corrected chi connectivity index (χ0v) is 13.9. The number of hydrogen-bond acceptors (Lipinski definition) is 4. The number of hydrogen-bond donors (Lipinski definition) is 1. The van der Waals surface area contributed by atoms with Gasteiger partial charge in [0.2, 0.25) is 0 Å². The predicted octanol–water partition coefficient (Wildman–Crippen LogP) is 2.84. The Morgan fingerprint density at radius 1 is 1.22 bits per heavy atom. The number of fused-ring (bicyclic) bond motifs is 1. The van der Waals surface area contributed by atoms with Gasteiger partial charge in [-0.3, -0.25) is 4.90 Å². The molecule has 1 fully saturated rings. The van der Waals surface area contributed by atoms with Crippen LogP contribution in [0, 0.1) is 5.92 Å². The zero-order chi connectivity index (χ0) is 16.0. The van der Waals surface area contributed by atoms with Crippen LogP contribution in [0.15, 0.2) is 24.3 Å². The normalized spacial score (nSPS) is 32.8. The van der Waals surface area contributed by atoms with Gasteiger partial charge >= 0.3 is 0 Å². The number of rotatable bonds is 2. The van der Waals surface area contributed by atoms with E-state index < -0.39 is 0 Å². The summed E-state index contributed by atoms with van der Waals surface area (Å²) in [5.74, 6) is 1.34. The first-order chi connectivity index (χ1) is 11.2. The van der Waals surface area contributed by atoms with Crippen molar-refractivity contribution in [1.29, 1.82) is 0 Å². The molecule has 0 amide bonds. The fraction of sp³-hybridized carbons (Fsp3) is 0.579. The van der Waals surface area contributed by atoms with Crippen LogP contribution in [-0.2, 0) is 16.7 Å². The van der Waals surface area contributed by atoms with E-state index in [1.807, 2.05) is 6.07 Å². The van der Waals surface area contributed by atoms with Gasteiger partial charge in [-0.25, -0.2) is 0 Å². The highest BCUT2D eigenvalue weighted by Crippen LogP contribution is 2.53. The third-order valence-electron chi connectivity index (χ3n) is 6.01. The molecule has 4 heteroatoms. The molecule has 3 atom stereocenters. The van der Waals surface area contributed by atoms with Crippen molar-refractivity contribution in [2.75, 3.05) is 27.3 Å². The first kappa shape index (κ1) is 15.0. The van der Waals surface area contributed by atoms with Crippen LogP contribution in [0.5, 0.6) is 11.5 Å². The second kappa shape index (κ2) is 5.53. The van der Waals surface area contributed by atoms with Crippen molar-refractivity contribution in [2.45, 2.75) is 37.3 Å². The third kappa shape index (κ3) is 2.12. The van der Waals surface area contributed by atoms with Crippen molar-refractivity contribution in [1.82, 2.24) is 4.90 Å². The molecule has 1 aromatic rings. The predicted molar refractivity (Wildman–Crippen MR) is 88.9 cm³/mol. The van der Waals surface area contributed by atoms with Crippen molar-refractivity contribution >= 4 is 0 Å². The second-order valence-corrected chi connectivity index (χ2v) is 6.95. The van der Waals surface area contributed by atoms with Gasteiger partial charge in [0.25, 0.3) is 0 Å². The lowest BCUT2D eigenvalue weighted by Gasteiger charge is -2.45. The maximum atomic E-state index is 10.2. The Hall–Kier alpha value is -1.52. The van der Waals surface area contributed by atoms with Gasteiger partial charge in [-0.2, -0.15) is 0 Å². The first-order valence-corrected chi connectivity index (χ1v) is 8.55. The molecule has 0 bridgehead atoms. The molecule has 1 aliphatic carbocycles. The fourth-order valence-corrected chi connectivity index (χ4v) is 4.94. The van der Waals surface area contributed by atoms with Crippen molar-refractivity contribution < 1.29 is 14.6 Å². The molecule has 0 radical (unpaired) electrons. The zero-order valence-electron chi connectivity index (χ0n) is 13.9. The third-order valence-corrected chi connectivity index (χ3v) is 6.01. The highest BCUT2D eigenvalue weighted by molar-refractivity contribution is 5.51. The summed E-state index contributed by atoms with van der Waals surface area (Å²) in [4.78, 5) is 2.65. The van der Waals surface area contributed by atoms with E-state index in [9.17, 15) is 5.11 Å². The monoisotopic (exact) mass is 315 g/mol. The highest BCUT2D eigenvalue weighted by atomic mass is 16.5. The maximum Gasteiger partial charge on any atom is 0.160 e. The average molecular weight is 315 g/mol. The van der Waals surface area contributed by atoms with E-state index in [0.717, 1.165) is 32.4 Å². The van der Waals surface area contributed by atoms with Gasteiger partial charge < -0.3 is 14.6 Å². The van der Waals surface area contributed by atoms with Crippen LogP contribution in [0.2, 0.25) is 0 Å². The molecule has 1 spiro atoms. The lowest BCUT2D eigenvalue weighted by Crippen LogP contribution is -2.48. The van der Waals surface area contributed by atoms with Gasteiger partial charge in [0.1, 0.15) is 0 Å². The quantitative estimate of drug-likeness (QED) is 0.852. The molecule has 2 heterocycles. The molecule has 1 saturated heterocycles. The number of benzene rings is 1. The Morgan fingerprint density at radius 2 is 2.09 bits per heavy atom. The molecule has 3 unspecified atom stereocenters. The van der Waals surface area contributed by atoms with E-state index in [-0.39, 0.29) is 17.4 Å². The average Bonchev–Trinajstić information content (AvgIpc) is 2.87. The highest BCUT2D eigenvalue weighted by Gasteiger charge is 2.53. The molecular weight excluding hydrogens is 290 g/mol. The van der Waals surface area contributed by atoms with Crippen LogP contribution in [0.1, 0.15) is 30.4 Å². The number of phenols is 1. The maximum absolute atomic E-state index is 10.2. The van der Waals surface area contributed by atoms with Gasteiger partial charge in [0.15, 0.2) is 11.5 Å².